The molecule has 0 aromatic carbocycles. The van der Waals surface area contributed by atoms with Crippen LogP contribution >= 0.6 is 0 Å². The van der Waals surface area contributed by atoms with Crippen LogP contribution in [0.1, 0.15) is 68.2 Å². The van der Waals surface area contributed by atoms with Crippen molar-refractivity contribution in [2.75, 3.05) is 13.1 Å². The number of alkyl carbamates (subject to hydrolysis) is 1. The molecule has 216 valence electrons. The number of rotatable bonds is 10. The highest BCUT2D eigenvalue weighted by Crippen LogP contribution is 2.65. The second-order valence-electron chi connectivity index (χ2n) is 13.0. The summed E-state index contributed by atoms with van der Waals surface area (Å²) in [6.45, 7) is 18.7. The monoisotopic (exact) mass is 544 g/mol. The van der Waals surface area contributed by atoms with Crippen molar-refractivity contribution < 1.29 is 28.7 Å². The molecule has 4 amide bonds. The molecule has 0 bridgehead atoms. The Morgan fingerprint density at radius 1 is 1.13 bits per heavy atom. The number of hydrogen-bond donors (Lipinski definition) is 3. The normalized spacial score (nSPS) is 22.8. The van der Waals surface area contributed by atoms with Crippen molar-refractivity contribution >= 4 is 29.6 Å². The number of fused-ring (bicyclic) bond motifs is 1. The molecule has 10 heteroatoms. The minimum atomic E-state index is -1.14. The Morgan fingerprint density at radius 2 is 1.74 bits per heavy atom. The lowest BCUT2D eigenvalue weighted by molar-refractivity contribution is -0.145. The zero-order chi connectivity index (χ0) is 29.9. The lowest BCUT2D eigenvalue weighted by Gasteiger charge is -2.38. The molecule has 1 aliphatic heterocycles. The number of ketones is 1. The maximum absolute atomic E-state index is 13.9. The number of nitrogens with one attached hydrogen (secondary N) is 3. The van der Waals surface area contributed by atoms with Crippen molar-refractivity contribution in [3.8, 4) is 12.3 Å². The lowest BCUT2D eigenvalue weighted by Crippen LogP contribution is -2.60. The number of Topliss-reactive ketones (excluding diaryl/α,β-unsaturated/α-hetero) is 1. The van der Waals surface area contributed by atoms with Gasteiger partial charge in [0.15, 0.2) is 0 Å². The highest BCUT2D eigenvalue weighted by atomic mass is 16.6. The Balaban J connectivity index is 2.32. The number of terminal acetylenes is 1. The van der Waals surface area contributed by atoms with Crippen LogP contribution in [0.3, 0.4) is 0 Å². The molecule has 1 saturated heterocycles. The maximum atomic E-state index is 13.9. The lowest BCUT2D eigenvalue weighted by atomic mass is 9.85. The summed E-state index contributed by atoms with van der Waals surface area (Å²) in [6, 6.07) is -2.98. The van der Waals surface area contributed by atoms with E-state index in [0.29, 0.717) is 6.54 Å². The number of carbonyl (C=O) groups is 5. The molecule has 2 rings (SSSR count). The van der Waals surface area contributed by atoms with Crippen molar-refractivity contribution in [3.05, 3.63) is 12.7 Å². The Bertz CT molecular complexity index is 1050. The van der Waals surface area contributed by atoms with Gasteiger partial charge in [-0.05, 0) is 49.9 Å². The predicted molar refractivity (Wildman–Crippen MR) is 147 cm³/mol. The van der Waals surface area contributed by atoms with E-state index in [1.54, 1.807) is 20.8 Å². The van der Waals surface area contributed by atoms with E-state index >= 15 is 0 Å². The average molecular weight is 545 g/mol. The van der Waals surface area contributed by atoms with E-state index in [1.165, 1.54) is 11.0 Å². The summed E-state index contributed by atoms with van der Waals surface area (Å²) in [6.07, 6.45) is 6.33. The molecule has 2 unspecified atom stereocenters. The number of carbonyl (C=O) groups excluding carboxylic acids is 5. The number of amides is 4. The van der Waals surface area contributed by atoms with E-state index in [4.69, 9.17) is 11.2 Å². The zero-order valence-electron chi connectivity index (χ0n) is 24.5. The molecule has 2 aliphatic rings. The first-order chi connectivity index (χ1) is 17.9. The summed E-state index contributed by atoms with van der Waals surface area (Å²) in [5, 5.41) is 7.83. The van der Waals surface area contributed by atoms with Gasteiger partial charge in [-0.15, -0.1) is 18.9 Å². The van der Waals surface area contributed by atoms with Crippen molar-refractivity contribution in [3.63, 3.8) is 0 Å². The second kappa shape index (κ2) is 11.8. The quantitative estimate of drug-likeness (QED) is 0.219. The Labute approximate surface area is 232 Å². The largest absolute Gasteiger partial charge is 0.444 e. The number of ether oxygens (including phenoxy) is 1. The van der Waals surface area contributed by atoms with Crippen LogP contribution in [0.5, 0.6) is 0 Å². The van der Waals surface area contributed by atoms with Crippen LogP contribution in [-0.4, -0.2) is 71.3 Å². The summed E-state index contributed by atoms with van der Waals surface area (Å²) in [7, 11) is 0. The molecule has 39 heavy (non-hydrogen) atoms. The fourth-order valence-corrected chi connectivity index (χ4v) is 5.22. The highest BCUT2D eigenvalue weighted by Gasteiger charge is 2.70. The van der Waals surface area contributed by atoms with Gasteiger partial charge >= 0.3 is 6.09 Å². The van der Waals surface area contributed by atoms with Gasteiger partial charge in [-0.1, -0.05) is 40.7 Å². The van der Waals surface area contributed by atoms with Gasteiger partial charge in [-0.25, -0.2) is 4.79 Å². The molecule has 0 radical (unpaired) electrons. The van der Waals surface area contributed by atoms with Crippen molar-refractivity contribution in [1.29, 1.82) is 0 Å². The average Bonchev–Trinajstić information content (AvgIpc) is 3.14. The first kappa shape index (κ1) is 31.9. The van der Waals surface area contributed by atoms with Gasteiger partial charge < -0.3 is 25.6 Å². The fourth-order valence-electron chi connectivity index (χ4n) is 5.22. The number of nitrogens with zero attached hydrogens (tertiary/aromatic N) is 1. The fraction of sp³-hybridized carbons (Fsp3) is 0.690. The third-order valence-electron chi connectivity index (χ3n) is 7.38. The molecule has 10 nitrogen and oxygen atoms in total. The van der Waals surface area contributed by atoms with E-state index in [9.17, 15) is 24.0 Å². The molecule has 0 aromatic heterocycles. The van der Waals surface area contributed by atoms with Gasteiger partial charge in [0.05, 0.1) is 6.04 Å². The van der Waals surface area contributed by atoms with Crippen molar-refractivity contribution in [1.82, 2.24) is 20.9 Å². The molecule has 0 spiro atoms. The van der Waals surface area contributed by atoms with Gasteiger partial charge in [0.2, 0.25) is 17.6 Å². The van der Waals surface area contributed by atoms with E-state index in [0.717, 1.165) is 0 Å². The predicted octanol–water partition coefficient (Wildman–Crippen LogP) is 2.18. The van der Waals surface area contributed by atoms with Gasteiger partial charge in [-0.3, -0.25) is 19.2 Å². The van der Waals surface area contributed by atoms with Crippen molar-refractivity contribution in [2.45, 2.75) is 92.0 Å². The first-order valence-electron chi connectivity index (χ1n) is 13.3. The van der Waals surface area contributed by atoms with Crippen LogP contribution < -0.4 is 16.0 Å². The summed E-state index contributed by atoms with van der Waals surface area (Å²) in [5.41, 5.74) is -1.63. The van der Waals surface area contributed by atoms with Crippen LogP contribution in [0.4, 0.5) is 4.79 Å². The molecular formula is C29H44N4O6. The van der Waals surface area contributed by atoms with Crippen LogP contribution in [-0.2, 0) is 23.9 Å². The number of likely N-dealkylation sites (tertiary alicyclic amines) is 1. The van der Waals surface area contributed by atoms with E-state index in [1.807, 2.05) is 34.6 Å². The Kier molecular flexibility index (Phi) is 9.65. The third kappa shape index (κ3) is 7.61. The first-order valence-corrected chi connectivity index (χ1v) is 13.3. The van der Waals surface area contributed by atoms with Crippen LogP contribution in [0.15, 0.2) is 12.7 Å². The van der Waals surface area contributed by atoms with Crippen LogP contribution in [0, 0.1) is 35.0 Å². The maximum Gasteiger partial charge on any atom is 0.408 e. The van der Waals surface area contributed by atoms with Gasteiger partial charge in [0.25, 0.3) is 5.91 Å². The molecule has 2 fully saturated rings. The summed E-state index contributed by atoms with van der Waals surface area (Å²) >= 11 is 0. The minimum absolute atomic E-state index is 0.0750. The topological polar surface area (TPSA) is 134 Å². The smallest absolute Gasteiger partial charge is 0.408 e. The number of piperidine rings is 1. The van der Waals surface area contributed by atoms with Gasteiger partial charge in [-0.2, -0.15) is 0 Å². The van der Waals surface area contributed by atoms with Gasteiger partial charge in [0.1, 0.15) is 17.7 Å². The Morgan fingerprint density at radius 3 is 2.26 bits per heavy atom. The molecule has 5 atom stereocenters. The molecule has 1 heterocycles. The van der Waals surface area contributed by atoms with Gasteiger partial charge in [0, 0.05) is 19.5 Å². The molecule has 1 saturated carbocycles. The second-order valence-corrected chi connectivity index (χ2v) is 13.0. The summed E-state index contributed by atoms with van der Waals surface area (Å²) < 4.78 is 5.38. The minimum Gasteiger partial charge on any atom is -0.444 e. The zero-order valence-corrected chi connectivity index (χ0v) is 24.5. The van der Waals surface area contributed by atoms with Crippen molar-refractivity contribution in [2.24, 2.45) is 22.7 Å². The molecule has 0 aromatic rings. The Hall–Kier alpha value is -3.35. The molecule has 1 aliphatic carbocycles. The third-order valence-corrected chi connectivity index (χ3v) is 7.38. The molecule has 3 N–H and O–H groups in total. The summed E-state index contributed by atoms with van der Waals surface area (Å²) in [5.74, 6) is -0.235. The highest BCUT2D eigenvalue weighted by molar-refractivity contribution is 6.38. The van der Waals surface area contributed by atoms with E-state index in [-0.39, 0.29) is 36.6 Å². The number of hydrogen-bond acceptors (Lipinski definition) is 6. The standard InChI is InChI=1S/C29H44N4O6/c1-11-13-14-18(21(34)24(36)30-15-12-2)31-23(35)20-19-17(29(19,9)10)16-33(20)25(37)22(27(3,4)5)32-26(38)39-28(6,7)8/h1,12,17-20,22H,2,13-16H2,3-10H3,(H,30,36)(H,31,35)(H,32,38)/t17-,18?,19?,20-,22+/m0/s1. The van der Waals surface area contributed by atoms with E-state index in [2.05, 4.69) is 28.4 Å². The summed E-state index contributed by atoms with van der Waals surface area (Å²) in [4.78, 5) is 66.9. The van der Waals surface area contributed by atoms with E-state index < -0.39 is 58.7 Å². The molecular weight excluding hydrogens is 500 g/mol. The van der Waals surface area contributed by atoms with Crippen LogP contribution in [0.2, 0.25) is 0 Å². The van der Waals surface area contributed by atoms with Crippen LogP contribution in [0.25, 0.3) is 0 Å². The SMILES string of the molecule is C#CCCC(NC(=O)[C@@H]1C2[C@H](CN1C(=O)[C@@H](NC(=O)OC(C)(C)C)C(C)(C)C)C2(C)C)C(=O)C(=O)NCC=C.